The van der Waals surface area contributed by atoms with Gasteiger partial charge in [0.25, 0.3) is 0 Å². The van der Waals surface area contributed by atoms with Gasteiger partial charge in [-0.15, -0.1) is 0 Å². The second kappa shape index (κ2) is 5.20. The van der Waals surface area contributed by atoms with Gasteiger partial charge in [-0.05, 0) is 25.2 Å². The third kappa shape index (κ3) is 3.64. The second-order valence-corrected chi connectivity index (χ2v) is 5.96. The van der Waals surface area contributed by atoms with Crippen molar-refractivity contribution in [2.75, 3.05) is 6.26 Å². The van der Waals surface area contributed by atoms with Crippen LogP contribution in [0.1, 0.15) is 25.7 Å². The molecule has 1 fully saturated rings. The fourth-order valence-electron chi connectivity index (χ4n) is 1.75. The Morgan fingerprint density at radius 2 is 1.93 bits per heavy atom. The molecule has 1 aliphatic rings. The topological polar surface area (TPSA) is 74.3 Å². The van der Waals surface area contributed by atoms with Crippen molar-refractivity contribution in [2.24, 2.45) is 5.92 Å². The van der Waals surface area contributed by atoms with Gasteiger partial charge in [0, 0.05) is 12.2 Å². The van der Waals surface area contributed by atoms with Gasteiger partial charge in [-0.1, -0.05) is 6.42 Å². The van der Waals surface area contributed by atoms with Crippen molar-refractivity contribution < 1.29 is 37.2 Å². The Labute approximate surface area is 96.2 Å². The number of carboxylic acids is 1. The zero-order valence-electron chi connectivity index (χ0n) is 8.52. The van der Waals surface area contributed by atoms with Gasteiger partial charge in [0.1, 0.15) is 9.84 Å². The molecule has 76 valence electrons. The summed E-state index contributed by atoms with van der Waals surface area (Å²) >= 11 is 0. The van der Waals surface area contributed by atoms with Crippen molar-refractivity contribution in [3.05, 3.63) is 0 Å². The van der Waals surface area contributed by atoms with Gasteiger partial charge in [0.2, 0.25) is 0 Å². The summed E-state index contributed by atoms with van der Waals surface area (Å²) in [5, 5.41) is 10.0. The van der Waals surface area contributed by atoms with Crippen LogP contribution >= 0.6 is 0 Å². The first kappa shape index (κ1) is 14.0. The van der Waals surface area contributed by atoms with Crippen LogP contribution < -0.4 is 24.0 Å². The number of hydrogen-bond donors (Lipinski definition) is 0. The maximum Gasteiger partial charge on any atom is 1.00 e. The number of carbonyl (C=O) groups excluding carboxylic acids is 1. The monoisotopic (exact) mass is 212 g/mol. The molecule has 0 amide bonds. The standard InChI is InChI=1S/C8H14O4S.Li/c1-13(11,12)7-4-2-3-6(5-7)8(9)10;/h6-7H,2-5H2,1H3,(H,9,10);/q;+1/p-1. The van der Waals surface area contributed by atoms with Gasteiger partial charge in [0.05, 0.1) is 5.25 Å². The van der Waals surface area contributed by atoms with Crippen LogP contribution in [0.5, 0.6) is 0 Å². The van der Waals surface area contributed by atoms with Gasteiger partial charge >= 0.3 is 18.9 Å². The summed E-state index contributed by atoms with van der Waals surface area (Å²) in [5.41, 5.74) is 0. The van der Waals surface area contributed by atoms with Crippen molar-refractivity contribution >= 4 is 15.8 Å². The SMILES string of the molecule is CS(=O)(=O)C1CCCC(C(=O)[O-])C1.[Li+]. The minimum Gasteiger partial charge on any atom is -0.550 e. The molecule has 14 heavy (non-hydrogen) atoms. The van der Waals surface area contributed by atoms with E-state index in [1.165, 1.54) is 0 Å². The van der Waals surface area contributed by atoms with Gasteiger partial charge in [-0.3, -0.25) is 0 Å². The molecule has 2 unspecified atom stereocenters. The average Bonchev–Trinajstić information content (AvgIpc) is 2.03. The molecule has 0 saturated heterocycles. The molecular formula is C8H13LiO4S. The molecule has 1 rings (SSSR count). The molecule has 0 aromatic rings. The quantitative estimate of drug-likeness (QED) is 0.442. The van der Waals surface area contributed by atoms with Gasteiger partial charge < -0.3 is 9.90 Å². The molecule has 0 spiro atoms. The van der Waals surface area contributed by atoms with Gasteiger partial charge in [-0.2, -0.15) is 0 Å². The van der Waals surface area contributed by atoms with Crippen LogP contribution in [0.25, 0.3) is 0 Å². The van der Waals surface area contributed by atoms with Crippen LogP contribution in [-0.2, 0) is 14.6 Å². The fourth-order valence-corrected chi connectivity index (χ4v) is 2.92. The predicted octanol–water partition coefficient (Wildman–Crippen LogP) is -3.66. The molecule has 0 aromatic heterocycles. The van der Waals surface area contributed by atoms with E-state index in [0.717, 1.165) is 6.26 Å². The second-order valence-electron chi connectivity index (χ2n) is 3.63. The van der Waals surface area contributed by atoms with Crippen molar-refractivity contribution in [1.82, 2.24) is 0 Å². The number of hydrogen-bond acceptors (Lipinski definition) is 4. The Morgan fingerprint density at radius 3 is 2.36 bits per heavy atom. The molecule has 0 aliphatic heterocycles. The molecule has 0 bridgehead atoms. The smallest absolute Gasteiger partial charge is 0.550 e. The molecule has 2 atom stereocenters. The summed E-state index contributed by atoms with van der Waals surface area (Å²) in [6, 6.07) is 0. The number of aliphatic carboxylic acids is 1. The normalized spacial score (nSPS) is 27.8. The van der Waals surface area contributed by atoms with Gasteiger partial charge in [-0.25, -0.2) is 8.42 Å². The van der Waals surface area contributed by atoms with Crippen LogP contribution in [-0.4, -0.2) is 25.9 Å². The zero-order valence-corrected chi connectivity index (χ0v) is 9.34. The van der Waals surface area contributed by atoms with E-state index in [-0.39, 0.29) is 25.3 Å². The summed E-state index contributed by atoms with van der Waals surface area (Å²) in [7, 11) is -3.08. The summed E-state index contributed by atoms with van der Waals surface area (Å²) in [5.74, 6) is -1.69. The van der Waals surface area contributed by atoms with E-state index >= 15 is 0 Å². The van der Waals surface area contributed by atoms with E-state index in [4.69, 9.17) is 0 Å². The molecule has 1 saturated carbocycles. The Hall–Kier alpha value is 0.0174. The molecule has 0 N–H and O–H groups in total. The van der Waals surface area contributed by atoms with Crippen LogP contribution in [0.4, 0.5) is 0 Å². The summed E-state index contributed by atoms with van der Waals surface area (Å²) < 4.78 is 22.3. The first-order chi connectivity index (χ1) is 5.91. The first-order valence-electron chi connectivity index (χ1n) is 4.31. The minimum atomic E-state index is -3.08. The fraction of sp³-hybridized carbons (Fsp3) is 0.875. The largest absolute Gasteiger partial charge is 1.00 e. The van der Waals surface area contributed by atoms with Crippen LogP contribution in [0, 0.1) is 5.92 Å². The number of rotatable bonds is 2. The third-order valence-corrected chi connectivity index (χ3v) is 4.20. The van der Waals surface area contributed by atoms with Crippen molar-refractivity contribution in [3.63, 3.8) is 0 Å². The third-order valence-electron chi connectivity index (χ3n) is 2.56. The maximum absolute atomic E-state index is 11.1. The zero-order chi connectivity index (χ0) is 10.1. The van der Waals surface area contributed by atoms with E-state index in [9.17, 15) is 18.3 Å². The summed E-state index contributed by atoms with van der Waals surface area (Å²) in [6.45, 7) is 0. The van der Waals surface area contributed by atoms with Crippen molar-refractivity contribution in [3.8, 4) is 0 Å². The molecule has 1 aliphatic carbocycles. The van der Waals surface area contributed by atoms with Crippen LogP contribution in [0.2, 0.25) is 0 Å². The van der Waals surface area contributed by atoms with E-state index in [1.54, 1.807) is 0 Å². The molecular weight excluding hydrogens is 199 g/mol. The summed E-state index contributed by atoms with van der Waals surface area (Å²) in [4.78, 5) is 10.5. The Bertz CT molecular complexity index is 298. The molecule has 0 heterocycles. The predicted molar refractivity (Wildman–Crippen MR) is 45.6 cm³/mol. The number of sulfone groups is 1. The average molecular weight is 212 g/mol. The molecule has 0 aromatic carbocycles. The maximum atomic E-state index is 11.1. The van der Waals surface area contributed by atoms with Crippen LogP contribution in [0.3, 0.4) is 0 Å². The Balaban J connectivity index is 0.00000169. The minimum absolute atomic E-state index is 0. The Morgan fingerprint density at radius 1 is 1.36 bits per heavy atom. The van der Waals surface area contributed by atoms with Crippen molar-refractivity contribution in [1.29, 1.82) is 0 Å². The first-order valence-corrected chi connectivity index (χ1v) is 6.26. The van der Waals surface area contributed by atoms with Crippen molar-refractivity contribution in [2.45, 2.75) is 30.9 Å². The molecule has 6 heteroatoms. The van der Waals surface area contributed by atoms with E-state index in [2.05, 4.69) is 0 Å². The van der Waals surface area contributed by atoms with E-state index in [1.807, 2.05) is 0 Å². The van der Waals surface area contributed by atoms with E-state index < -0.39 is 27.0 Å². The van der Waals surface area contributed by atoms with Gasteiger partial charge in [0.15, 0.2) is 0 Å². The summed E-state index contributed by atoms with van der Waals surface area (Å²) in [6.07, 6.45) is 3.18. The molecule has 4 nitrogen and oxygen atoms in total. The Kier molecular flexibility index (Phi) is 5.20. The molecule has 0 radical (unpaired) electrons. The number of carbonyl (C=O) groups is 1. The number of carboxylic acid groups (broad SMARTS) is 1. The van der Waals surface area contributed by atoms with Crippen LogP contribution in [0.15, 0.2) is 0 Å². The van der Waals surface area contributed by atoms with E-state index in [0.29, 0.717) is 19.3 Å².